The first-order valence-electron chi connectivity index (χ1n) is 6.09. The summed E-state index contributed by atoms with van der Waals surface area (Å²) in [7, 11) is 4.17. The van der Waals surface area contributed by atoms with Gasteiger partial charge in [-0.05, 0) is 40.4 Å². The lowest BCUT2D eigenvalue weighted by molar-refractivity contribution is 0.372. The van der Waals surface area contributed by atoms with Gasteiger partial charge in [0.05, 0.1) is 0 Å². The molecule has 0 spiro atoms. The largest absolute Gasteiger partial charge is 0.398 e. The number of anilines is 2. The molecule has 96 valence electrons. The van der Waals surface area contributed by atoms with Crippen LogP contribution in [0.3, 0.4) is 0 Å². The highest BCUT2D eigenvalue weighted by atomic mass is 15.2. The van der Waals surface area contributed by atoms with Crippen LogP contribution in [0.1, 0.15) is 19.4 Å². The number of rotatable bonds is 5. The van der Waals surface area contributed by atoms with E-state index >= 15 is 0 Å². The number of aromatic nitrogens is 1. The van der Waals surface area contributed by atoms with Gasteiger partial charge in [0.1, 0.15) is 5.82 Å². The summed E-state index contributed by atoms with van der Waals surface area (Å²) < 4.78 is 0. The Morgan fingerprint density at radius 3 is 2.53 bits per heavy atom. The maximum Gasteiger partial charge on any atom is 0.130 e. The van der Waals surface area contributed by atoms with Crippen molar-refractivity contribution in [3.05, 3.63) is 17.8 Å². The molecule has 4 nitrogen and oxygen atoms in total. The summed E-state index contributed by atoms with van der Waals surface area (Å²) in [6, 6.07) is 2.38. The second-order valence-electron chi connectivity index (χ2n) is 4.80. The van der Waals surface area contributed by atoms with Crippen LogP contribution in [0.25, 0.3) is 0 Å². The van der Waals surface area contributed by atoms with Crippen LogP contribution in [-0.2, 0) is 0 Å². The molecule has 0 saturated carbocycles. The summed E-state index contributed by atoms with van der Waals surface area (Å²) in [4.78, 5) is 8.93. The van der Waals surface area contributed by atoms with Crippen LogP contribution >= 0.6 is 0 Å². The Bertz CT molecular complexity index is 362. The van der Waals surface area contributed by atoms with E-state index in [1.54, 1.807) is 0 Å². The van der Waals surface area contributed by atoms with E-state index < -0.39 is 0 Å². The number of likely N-dealkylation sites (N-methyl/N-ethyl adjacent to an activating group) is 2. The third kappa shape index (κ3) is 3.60. The molecular formula is C13H24N4. The van der Waals surface area contributed by atoms with Crippen molar-refractivity contribution >= 4 is 11.5 Å². The molecule has 1 aromatic heterocycles. The topological polar surface area (TPSA) is 45.4 Å². The molecule has 0 fully saturated rings. The smallest absolute Gasteiger partial charge is 0.130 e. The van der Waals surface area contributed by atoms with Crippen molar-refractivity contribution in [2.24, 2.45) is 0 Å². The Hall–Kier alpha value is -1.29. The number of nitrogen functional groups attached to an aromatic ring is 1. The van der Waals surface area contributed by atoms with Crippen molar-refractivity contribution in [3.8, 4) is 0 Å². The third-order valence-corrected chi connectivity index (χ3v) is 2.93. The van der Waals surface area contributed by atoms with Crippen LogP contribution in [0, 0.1) is 6.92 Å². The van der Waals surface area contributed by atoms with Crippen LogP contribution in [0.15, 0.2) is 12.3 Å². The Morgan fingerprint density at radius 1 is 1.41 bits per heavy atom. The summed E-state index contributed by atoms with van der Waals surface area (Å²) in [6.07, 6.45) is 1.84. The zero-order chi connectivity index (χ0) is 13.0. The molecule has 1 unspecified atom stereocenters. The fraction of sp³-hybridized carbons (Fsp3) is 0.615. The van der Waals surface area contributed by atoms with Gasteiger partial charge in [-0.25, -0.2) is 4.98 Å². The summed E-state index contributed by atoms with van der Waals surface area (Å²) in [5.41, 5.74) is 7.78. The second kappa shape index (κ2) is 5.87. The Labute approximate surface area is 104 Å². The van der Waals surface area contributed by atoms with E-state index in [1.807, 2.05) is 19.2 Å². The van der Waals surface area contributed by atoms with Crippen molar-refractivity contribution in [2.75, 3.05) is 37.8 Å². The zero-order valence-corrected chi connectivity index (χ0v) is 11.6. The molecule has 0 bridgehead atoms. The average molecular weight is 236 g/mol. The van der Waals surface area contributed by atoms with E-state index in [9.17, 15) is 0 Å². The molecule has 1 heterocycles. The maximum absolute atomic E-state index is 5.94. The molecule has 0 radical (unpaired) electrons. The molecule has 1 aromatic rings. The molecule has 0 aromatic carbocycles. The highest BCUT2D eigenvalue weighted by molar-refractivity contribution is 5.55. The van der Waals surface area contributed by atoms with Gasteiger partial charge >= 0.3 is 0 Å². The Kier molecular flexibility index (Phi) is 4.75. The predicted molar refractivity (Wildman–Crippen MR) is 74.4 cm³/mol. The lowest BCUT2D eigenvalue weighted by atomic mass is 10.2. The fourth-order valence-electron chi connectivity index (χ4n) is 2.01. The number of aryl methyl sites for hydroxylation is 1. The SMILES string of the molecule is CCN(c1cc(N)c(C)cn1)C(C)CN(C)C. The zero-order valence-electron chi connectivity index (χ0n) is 11.6. The van der Waals surface area contributed by atoms with Gasteiger partial charge < -0.3 is 15.5 Å². The van der Waals surface area contributed by atoms with Crippen LogP contribution < -0.4 is 10.6 Å². The van der Waals surface area contributed by atoms with Gasteiger partial charge in [-0.1, -0.05) is 0 Å². The van der Waals surface area contributed by atoms with Crippen molar-refractivity contribution in [1.29, 1.82) is 0 Å². The third-order valence-electron chi connectivity index (χ3n) is 2.93. The van der Waals surface area contributed by atoms with Gasteiger partial charge in [0, 0.05) is 37.1 Å². The standard InChI is InChI=1S/C13H24N4/c1-6-17(11(3)9-16(4)5)13-7-12(14)10(2)8-15-13/h7-8,11H,6,9H2,1-5H3,(H2,14,15). The van der Waals surface area contributed by atoms with E-state index in [-0.39, 0.29) is 0 Å². The molecule has 17 heavy (non-hydrogen) atoms. The van der Waals surface area contributed by atoms with E-state index in [0.717, 1.165) is 30.2 Å². The number of pyridine rings is 1. The number of hydrogen-bond donors (Lipinski definition) is 1. The first kappa shape index (κ1) is 13.8. The minimum atomic E-state index is 0.421. The lowest BCUT2D eigenvalue weighted by Gasteiger charge is -2.31. The number of hydrogen-bond acceptors (Lipinski definition) is 4. The molecule has 1 rings (SSSR count). The summed E-state index contributed by atoms with van der Waals surface area (Å²) in [5.74, 6) is 0.963. The van der Waals surface area contributed by atoms with Gasteiger partial charge in [-0.15, -0.1) is 0 Å². The highest BCUT2D eigenvalue weighted by Gasteiger charge is 2.15. The number of nitrogens with two attached hydrogens (primary N) is 1. The van der Waals surface area contributed by atoms with Gasteiger partial charge in [0.2, 0.25) is 0 Å². The number of nitrogens with zero attached hydrogens (tertiary/aromatic N) is 3. The molecular weight excluding hydrogens is 212 g/mol. The van der Waals surface area contributed by atoms with Gasteiger partial charge in [-0.2, -0.15) is 0 Å². The van der Waals surface area contributed by atoms with E-state index in [0.29, 0.717) is 6.04 Å². The van der Waals surface area contributed by atoms with Gasteiger partial charge in [0.15, 0.2) is 0 Å². The quantitative estimate of drug-likeness (QED) is 0.846. The maximum atomic E-state index is 5.94. The summed E-state index contributed by atoms with van der Waals surface area (Å²) >= 11 is 0. The molecule has 2 N–H and O–H groups in total. The first-order chi connectivity index (χ1) is 7.95. The molecule has 0 aliphatic rings. The average Bonchev–Trinajstić information content (AvgIpc) is 2.23. The normalized spacial score (nSPS) is 12.8. The van der Waals surface area contributed by atoms with Crippen molar-refractivity contribution in [2.45, 2.75) is 26.8 Å². The van der Waals surface area contributed by atoms with E-state index in [4.69, 9.17) is 5.73 Å². The van der Waals surface area contributed by atoms with Gasteiger partial charge in [0.25, 0.3) is 0 Å². The molecule has 1 atom stereocenters. The van der Waals surface area contributed by atoms with Crippen LogP contribution in [0.5, 0.6) is 0 Å². The Balaban J connectivity index is 2.89. The van der Waals surface area contributed by atoms with Crippen LogP contribution in [0.4, 0.5) is 11.5 Å². The van der Waals surface area contributed by atoms with E-state index in [2.05, 4.69) is 42.7 Å². The summed E-state index contributed by atoms with van der Waals surface area (Å²) in [5, 5.41) is 0. The fourth-order valence-corrected chi connectivity index (χ4v) is 2.01. The van der Waals surface area contributed by atoms with Crippen LogP contribution in [0.2, 0.25) is 0 Å². The van der Waals surface area contributed by atoms with Crippen LogP contribution in [-0.4, -0.2) is 43.1 Å². The van der Waals surface area contributed by atoms with Crippen molar-refractivity contribution < 1.29 is 0 Å². The minimum Gasteiger partial charge on any atom is -0.398 e. The summed E-state index contributed by atoms with van der Waals surface area (Å²) in [6.45, 7) is 8.27. The lowest BCUT2D eigenvalue weighted by Crippen LogP contribution is -2.40. The monoisotopic (exact) mass is 236 g/mol. The first-order valence-corrected chi connectivity index (χ1v) is 6.09. The molecule has 0 amide bonds. The highest BCUT2D eigenvalue weighted by Crippen LogP contribution is 2.19. The van der Waals surface area contributed by atoms with Crippen molar-refractivity contribution in [1.82, 2.24) is 9.88 Å². The van der Waals surface area contributed by atoms with E-state index in [1.165, 1.54) is 0 Å². The minimum absolute atomic E-state index is 0.421. The molecule has 0 saturated heterocycles. The second-order valence-corrected chi connectivity index (χ2v) is 4.80. The molecule has 0 aliphatic heterocycles. The molecule has 4 heteroatoms. The Morgan fingerprint density at radius 2 is 2.06 bits per heavy atom. The predicted octanol–water partition coefficient (Wildman–Crippen LogP) is 1.75. The van der Waals surface area contributed by atoms with Gasteiger partial charge in [-0.3, -0.25) is 0 Å². The van der Waals surface area contributed by atoms with Crippen molar-refractivity contribution in [3.63, 3.8) is 0 Å². The molecule has 0 aliphatic carbocycles.